The van der Waals surface area contributed by atoms with Crippen molar-refractivity contribution in [3.05, 3.63) is 68.7 Å². The third-order valence-corrected chi connectivity index (χ3v) is 6.41. The highest BCUT2D eigenvalue weighted by Gasteiger charge is 2.28. The zero-order valence-electron chi connectivity index (χ0n) is 17.8. The first-order chi connectivity index (χ1) is 15.5. The molecule has 9 heteroatoms. The summed E-state index contributed by atoms with van der Waals surface area (Å²) in [6.45, 7) is 4.71. The van der Waals surface area contributed by atoms with Gasteiger partial charge in [0.15, 0.2) is 0 Å². The Morgan fingerprint density at radius 2 is 1.84 bits per heavy atom. The van der Waals surface area contributed by atoms with Gasteiger partial charge in [-0.05, 0) is 36.6 Å². The highest BCUT2D eigenvalue weighted by Crippen LogP contribution is 2.30. The zero-order valence-corrected chi connectivity index (χ0v) is 18.6. The largest absolute Gasteiger partial charge is 0.383 e. The van der Waals surface area contributed by atoms with Crippen LogP contribution in [0.4, 0.5) is 11.4 Å². The van der Waals surface area contributed by atoms with E-state index in [9.17, 15) is 14.9 Å². The van der Waals surface area contributed by atoms with Crippen LogP contribution in [0.5, 0.6) is 0 Å². The predicted octanol–water partition coefficient (Wildman–Crippen LogP) is 3.97. The smallest absolute Gasteiger partial charge is 0.282 e. The number of ether oxygens (including phenoxy) is 1. The van der Waals surface area contributed by atoms with Gasteiger partial charge < -0.3 is 15.0 Å². The summed E-state index contributed by atoms with van der Waals surface area (Å²) >= 11 is 6.50. The molecule has 1 amide bonds. The molecule has 0 bridgehead atoms. The first-order valence-corrected chi connectivity index (χ1v) is 11.3. The monoisotopic (exact) mass is 458 g/mol. The molecule has 4 rings (SSSR count). The molecule has 2 aliphatic heterocycles. The van der Waals surface area contributed by atoms with Crippen LogP contribution in [0.2, 0.25) is 5.02 Å². The van der Waals surface area contributed by atoms with Gasteiger partial charge in [0.2, 0.25) is 0 Å². The second-order valence-electron chi connectivity index (χ2n) is 8.05. The lowest BCUT2D eigenvalue weighted by atomic mass is 10.0. The van der Waals surface area contributed by atoms with Crippen molar-refractivity contribution in [2.75, 3.05) is 51.3 Å². The van der Waals surface area contributed by atoms with Crippen molar-refractivity contribution in [3.63, 3.8) is 0 Å². The maximum Gasteiger partial charge on any atom is 0.282 e. The molecule has 1 atom stereocenters. The summed E-state index contributed by atoms with van der Waals surface area (Å²) in [5.41, 5.74) is 1.65. The van der Waals surface area contributed by atoms with Gasteiger partial charge >= 0.3 is 0 Å². The quantitative estimate of drug-likeness (QED) is 0.499. The normalized spacial score (nSPS) is 17.8. The fraction of sp³-hybridized carbons (Fsp3) is 0.435. The number of rotatable bonds is 7. The van der Waals surface area contributed by atoms with Gasteiger partial charge in [0.1, 0.15) is 5.56 Å². The summed E-state index contributed by atoms with van der Waals surface area (Å²) in [6, 6.07) is 12.4. The Bertz CT molecular complexity index is 974. The predicted molar refractivity (Wildman–Crippen MR) is 123 cm³/mol. The fourth-order valence-corrected chi connectivity index (χ4v) is 4.61. The molecule has 0 aromatic heterocycles. The van der Waals surface area contributed by atoms with E-state index < -0.39 is 4.92 Å². The average molecular weight is 459 g/mol. The summed E-state index contributed by atoms with van der Waals surface area (Å²) in [5.74, 6) is -0.284. The first kappa shape index (κ1) is 22.5. The Labute approximate surface area is 192 Å². The zero-order chi connectivity index (χ0) is 22.5. The summed E-state index contributed by atoms with van der Waals surface area (Å²) in [7, 11) is 0. The number of hydrogen-bond donors (Lipinski definition) is 1. The van der Waals surface area contributed by atoms with Crippen molar-refractivity contribution in [1.29, 1.82) is 0 Å². The lowest BCUT2D eigenvalue weighted by Gasteiger charge is -2.35. The van der Waals surface area contributed by atoms with Crippen LogP contribution < -0.4 is 5.32 Å². The minimum Gasteiger partial charge on any atom is -0.383 e. The van der Waals surface area contributed by atoms with E-state index in [-0.39, 0.29) is 23.2 Å². The summed E-state index contributed by atoms with van der Waals surface area (Å²) in [6.07, 6.45) is 1.85. The van der Waals surface area contributed by atoms with E-state index in [2.05, 4.69) is 10.2 Å². The van der Waals surface area contributed by atoms with Crippen LogP contribution in [0.1, 0.15) is 34.8 Å². The van der Waals surface area contributed by atoms with Crippen molar-refractivity contribution in [2.45, 2.75) is 18.9 Å². The number of nitro benzene ring substituents is 1. The number of nitrogens with zero attached hydrogens (tertiary/aromatic N) is 3. The van der Waals surface area contributed by atoms with Gasteiger partial charge in [0.25, 0.3) is 11.6 Å². The van der Waals surface area contributed by atoms with E-state index in [1.54, 1.807) is 17.0 Å². The number of carbonyl (C=O) groups is 1. The average Bonchev–Trinajstić information content (AvgIpc) is 3.35. The SMILES string of the molecule is O=C(c1cc(NCC(c2ccccc2Cl)N2CCOCC2)ccc1[N+](=O)[O-])N1CCCC1. The molecular formula is C23H27ClN4O4. The van der Waals surface area contributed by atoms with E-state index >= 15 is 0 Å². The lowest BCUT2D eigenvalue weighted by Crippen LogP contribution is -2.41. The number of likely N-dealkylation sites (tertiary alicyclic amines) is 1. The molecule has 0 spiro atoms. The van der Waals surface area contributed by atoms with E-state index in [1.807, 2.05) is 24.3 Å². The fourth-order valence-electron chi connectivity index (χ4n) is 4.35. The van der Waals surface area contributed by atoms with Crippen molar-refractivity contribution >= 4 is 28.9 Å². The van der Waals surface area contributed by atoms with Crippen LogP contribution in [0.15, 0.2) is 42.5 Å². The van der Waals surface area contributed by atoms with Gasteiger partial charge in [-0.2, -0.15) is 0 Å². The molecule has 2 aliphatic rings. The third-order valence-electron chi connectivity index (χ3n) is 6.07. The molecule has 0 aliphatic carbocycles. The van der Waals surface area contributed by atoms with E-state index in [4.69, 9.17) is 16.3 Å². The molecule has 1 N–H and O–H groups in total. The molecular weight excluding hydrogens is 432 g/mol. The Balaban J connectivity index is 1.57. The Hall–Kier alpha value is -2.68. The molecule has 8 nitrogen and oxygen atoms in total. The minimum atomic E-state index is -0.493. The molecule has 2 aromatic carbocycles. The van der Waals surface area contributed by atoms with Gasteiger partial charge in [0, 0.05) is 49.5 Å². The Morgan fingerprint density at radius 3 is 2.53 bits per heavy atom. The molecule has 2 aromatic rings. The van der Waals surface area contributed by atoms with Gasteiger partial charge in [-0.1, -0.05) is 29.8 Å². The number of morpholine rings is 1. The summed E-state index contributed by atoms with van der Waals surface area (Å²) < 4.78 is 5.50. The maximum atomic E-state index is 12.9. The number of hydrogen-bond acceptors (Lipinski definition) is 6. The van der Waals surface area contributed by atoms with Gasteiger partial charge in [-0.15, -0.1) is 0 Å². The van der Waals surface area contributed by atoms with Crippen LogP contribution >= 0.6 is 11.6 Å². The first-order valence-electron chi connectivity index (χ1n) is 10.9. The second kappa shape index (κ2) is 10.3. The number of carbonyl (C=O) groups excluding carboxylic acids is 1. The number of halogens is 1. The number of nitro groups is 1. The molecule has 2 fully saturated rings. The molecule has 1 unspecified atom stereocenters. The van der Waals surface area contributed by atoms with E-state index in [0.717, 1.165) is 31.5 Å². The molecule has 2 saturated heterocycles. The van der Waals surface area contributed by atoms with Crippen LogP contribution in [-0.2, 0) is 4.74 Å². The topological polar surface area (TPSA) is 88.0 Å². The molecule has 32 heavy (non-hydrogen) atoms. The van der Waals surface area contributed by atoms with Crippen molar-refractivity contribution in [3.8, 4) is 0 Å². The number of anilines is 1. The molecule has 0 saturated carbocycles. The van der Waals surface area contributed by atoms with Crippen LogP contribution in [-0.4, -0.2) is 66.6 Å². The number of benzene rings is 2. The van der Waals surface area contributed by atoms with Crippen LogP contribution in [0.25, 0.3) is 0 Å². The van der Waals surface area contributed by atoms with Crippen LogP contribution in [0.3, 0.4) is 0 Å². The van der Waals surface area contributed by atoms with Crippen LogP contribution in [0, 0.1) is 10.1 Å². The summed E-state index contributed by atoms with van der Waals surface area (Å²) in [4.78, 5) is 28.0. The Kier molecular flexibility index (Phi) is 7.24. The second-order valence-corrected chi connectivity index (χ2v) is 8.46. The third kappa shape index (κ3) is 5.03. The molecule has 0 radical (unpaired) electrons. The molecule has 170 valence electrons. The maximum absolute atomic E-state index is 12.9. The van der Waals surface area contributed by atoms with Crippen molar-refractivity contribution in [2.24, 2.45) is 0 Å². The molecule has 2 heterocycles. The van der Waals surface area contributed by atoms with E-state index in [1.165, 1.54) is 6.07 Å². The van der Waals surface area contributed by atoms with Gasteiger partial charge in [0.05, 0.1) is 24.2 Å². The number of nitrogens with one attached hydrogen (secondary N) is 1. The van der Waals surface area contributed by atoms with Gasteiger partial charge in [-0.3, -0.25) is 19.8 Å². The highest BCUT2D eigenvalue weighted by atomic mass is 35.5. The Morgan fingerprint density at radius 1 is 1.12 bits per heavy atom. The minimum absolute atomic E-state index is 0.000487. The van der Waals surface area contributed by atoms with Crippen molar-refractivity contribution in [1.82, 2.24) is 9.80 Å². The standard InChI is InChI=1S/C23H27ClN4O4/c24-20-6-2-1-5-18(20)22(26-11-13-32-14-12-26)16-25-17-7-8-21(28(30)31)19(15-17)23(29)27-9-3-4-10-27/h1-2,5-8,15,22,25H,3-4,9-14,16H2. The lowest BCUT2D eigenvalue weighted by molar-refractivity contribution is -0.385. The van der Waals surface area contributed by atoms with Crippen molar-refractivity contribution < 1.29 is 14.5 Å². The van der Waals surface area contributed by atoms with E-state index in [0.29, 0.717) is 43.6 Å². The number of amides is 1. The highest BCUT2D eigenvalue weighted by molar-refractivity contribution is 6.31. The van der Waals surface area contributed by atoms with Gasteiger partial charge in [-0.25, -0.2) is 0 Å². The summed E-state index contributed by atoms with van der Waals surface area (Å²) in [5, 5.41) is 15.6.